The molecule has 0 amide bonds. The van der Waals surface area contributed by atoms with Crippen molar-refractivity contribution in [3.05, 3.63) is 36.5 Å². The van der Waals surface area contributed by atoms with Crippen molar-refractivity contribution in [2.75, 3.05) is 11.4 Å². The van der Waals surface area contributed by atoms with Gasteiger partial charge in [0.25, 0.3) is 0 Å². The van der Waals surface area contributed by atoms with Crippen LogP contribution in [0.1, 0.15) is 31.3 Å². The zero-order valence-corrected chi connectivity index (χ0v) is 10.5. The smallest absolute Gasteiger partial charge is 0.354 e. The molecule has 1 heterocycles. The first-order valence-electron chi connectivity index (χ1n) is 5.45. The summed E-state index contributed by atoms with van der Waals surface area (Å²) in [5.41, 5.74) is -0.0843. The number of aromatic carboxylic acids is 1. The highest BCUT2D eigenvalue weighted by molar-refractivity contribution is 5.85. The second kappa shape index (κ2) is 4.99. The fourth-order valence-electron chi connectivity index (χ4n) is 1.53. The van der Waals surface area contributed by atoms with Crippen LogP contribution in [-0.2, 0) is 0 Å². The Balaban J connectivity index is 3.14. The normalized spacial score (nSPS) is 11.0. The van der Waals surface area contributed by atoms with Gasteiger partial charge in [-0.3, -0.25) is 0 Å². The van der Waals surface area contributed by atoms with Crippen molar-refractivity contribution in [3.63, 3.8) is 0 Å². The number of carboxylic acids is 1. The van der Waals surface area contributed by atoms with E-state index in [9.17, 15) is 4.79 Å². The molecule has 17 heavy (non-hydrogen) atoms. The molecule has 0 aliphatic carbocycles. The van der Waals surface area contributed by atoms with Crippen LogP contribution in [0.25, 0.3) is 0 Å². The van der Waals surface area contributed by atoms with Crippen LogP contribution in [0.2, 0.25) is 0 Å². The van der Waals surface area contributed by atoms with Gasteiger partial charge in [0, 0.05) is 12.1 Å². The van der Waals surface area contributed by atoms with Crippen LogP contribution in [0, 0.1) is 0 Å². The highest BCUT2D eigenvalue weighted by Crippen LogP contribution is 2.21. The van der Waals surface area contributed by atoms with Crippen molar-refractivity contribution >= 4 is 11.8 Å². The summed E-state index contributed by atoms with van der Waals surface area (Å²) in [4.78, 5) is 17.0. The van der Waals surface area contributed by atoms with Crippen molar-refractivity contribution in [1.29, 1.82) is 0 Å². The van der Waals surface area contributed by atoms with Crippen LogP contribution < -0.4 is 4.90 Å². The summed E-state index contributed by atoms with van der Waals surface area (Å²) in [5, 5.41) is 8.92. The van der Waals surface area contributed by atoms with Gasteiger partial charge in [-0.2, -0.15) is 0 Å². The van der Waals surface area contributed by atoms with Gasteiger partial charge in [0.1, 0.15) is 5.82 Å². The molecule has 1 N–H and O–H groups in total. The van der Waals surface area contributed by atoms with Crippen molar-refractivity contribution in [2.45, 2.75) is 26.3 Å². The van der Waals surface area contributed by atoms with E-state index in [2.05, 4.69) is 11.6 Å². The van der Waals surface area contributed by atoms with E-state index >= 15 is 0 Å². The van der Waals surface area contributed by atoms with E-state index < -0.39 is 5.97 Å². The average Bonchev–Trinajstić information content (AvgIpc) is 2.24. The van der Waals surface area contributed by atoms with E-state index in [0.29, 0.717) is 12.4 Å². The molecule has 0 atom stereocenters. The Kier molecular flexibility index (Phi) is 3.89. The van der Waals surface area contributed by atoms with E-state index in [1.54, 1.807) is 18.2 Å². The Morgan fingerprint density at radius 3 is 2.65 bits per heavy atom. The number of rotatable bonds is 4. The van der Waals surface area contributed by atoms with E-state index in [4.69, 9.17) is 5.11 Å². The summed E-state index contributed by atoms with van der Waals surface area (Å²) in [7, 11) is 0. The summed E-state index contributed by atoms with van der Waals surface area (Å²) in [5.74, 6) is -0.364. The summed E-state index contributed by atoms with van der Waals surface area (Å²) < 4.78 is 0. The van der Waals surface area contributed by atoms with Crippen molar-refractivity contribution in [3.8, 4) is 0 Å². The van der Waals surface area contributed by atoms with Gasteiger partial charge in [-0.1, -0.05) is 12.1 Å². The van der Waals surface area contributed by atoms with Crippen molar-refractivity contribution in [1.82, 2.24) is 4.98 Å². The largest absolute Gasteiger partial charge is 0.477 e. The molecule has 0 saturated carbocycles. The standard InChI is InChI=1S/C13H18N2O2/c1-5-9-15(13(2,3)4)11-8-6-7-10(14-11)12(16)17/h5-8H,1,9H2,2-4H3,(H,16,17). The molecule has 0 fully saturated rings. The molecule has 4 nitrogen and oxygen atoms in total. The number of hydrogen-bond donors (Lipinski definition) is 1. The molecular weight excluding hydrogens is 216 g/mol. The first-order valence-corrected chi connectivity index (χ1v) is 5.45. The number of aromatic nitrogens is 1. The maximum absolute atomic E-state index is 10.9. The topological polar surface area (TPSA) is 53.4 Å². The fraction of sp³-hybridized carbons (Fsp3) is 0.385. The zero-order valence-electron chi connectivity index (χ0n) is 10.5. The SMILES string of the molecule is C=CCN(c1cccc(C(=O)O)n1)C(C)(C)C. The predicted molar refractivity (Wildman–Crippen MR) is 68.5 cm³/mol. The monoisotopic (exact) mass is 234 g/mol. The molecule has 0 aromatic carbocycles. The van der Waals surface area contributed by atoms with E-state index in [1.165, 1.54) is 6.07 Å². The maximum atomic E-state index is 10.9. The fourth-order valence-corrected chi connectivity index (χ4v) is 1.53. The average molecular weight is 234 g/mol. The van der Waals surface area contributed by atoms with Gasteiger partial charge < -0.3 is 10.0 Å². The third-order valence-electron chi connectivity index (χ3n) is 2.35. The third kappa shape index (κ3) is 3.31. The molecule has 0 aliphatic heterocycles. The first-order chi connectivity index (χ1) is 7.86. The van der Waals surface area contributed by atoms with E-state index in [1.807, 2.05) is 25.7 Å². The Morgan fingerprint density at radius 2 is 2.18 bits per heavy atom. The molecule has 0 radical (unpaired) electrons. The van der Waals surface area contributed by atoms with Gasteiger partial charge in [0.05, 0.1) is 0 Å². The lowest BCUT2D eigenvalue weighted by molar-refractivity contribution is 0.0690. The second-order valence-corrected chi connectivity index (χ2v) is 4.76. The summed E-state index contributed by atoms with van der Waals surface area (Å²) in [6, 6.07) is 5.00. The third-order valence-corrected chi connectivity index (χ3v) is 2.35. The van der Waals surface area contributed by atoms with Crippen LogP contribution in [0.5, 0.6) is 0 Å². The van der Waals surface area contributed by atoms with Gasteiger partial charge in [0.2, 0.25) is 0 Å². The number of nitrogens with zero attached hydrogens (tertiary/aromatic N) is 2. The molecule has 0 bridgehead atoms. The van der Waals surface area contributed by atoms with E-state index in [0.717, 1.165) is 0 Å². The van der Waals surface area contributed by atoms with Crippen molar-refractivity contribution in [2.24, 2.45) is 0 Å². The van der Waals surface area contributed by atoms with Gasteiger partial charge in [0.15, 0.2) is 5.69 Å². The number of carboxylic acid groups (broad SMARTS) is 1. The van der Waals surface area contributed by atoms with Gasteiger partial charge >= 0.3 is 5.97 Å². The lowest BCUT2D eigenvalue weighted by Crippen LogP contribution is -2.42. The first kappa shape index (κ1) is 13.2. The molecule has 0 aliphatic rings. The Hall–Kier alpha value is -1.84. The quantitative estimate of drug-likeness (QED) is 0.813. The Labute approximate surface area is 102 Å². The van der Waals surface area contributed by atoms with Gasteiger partial charge in [-0.25, -0.2) is 9.78 Å². The molecular formula is C13H18N2O2. The van der Waals surface area contributed by atoms with Crippen LogP contribution in [0.15, 0.2) is 30.9 Å². The van der Waals surface area contributed by atoms with Crippen LogP contribution >= 0.6 is 0 Å². The molecule has 1 aromatic rings. The lowest BCUT2D eigenvalue weighted by atomic mass is 10.1. The van der Waals surface area contributed by atoms with Crippen LogP contribution in [0.4, 0.5) is 5.82 Å². The predicted octanol–water partition coefficient (Wildman–Crippen LogP) is 2.57. The molecule has 0 spiro atoms. The summed E-state index contributed by atoms with van der Waals surface area (Å²) >= 11 is 0. The Morgan fingerprint density at radius 1 is 1.53 bits per heavy atom. The molecule has 0 unspecified atom stereocenters. The number of hydrogen-bond acceptors (Lipinski definition) is 3. The minimum absolute atomic E-state index is 0.0563. The highest BCUT2D eigenvalue weighted by Gasteiger charge is 2.22. The minimum atomic E-state index is -1.01. The minimum Gasteiger partial charge on any atom is -0.477 e. The molecule has 92 valence electrons. The molecule has 1 rings (SSSR count). The molecule has 0 saturated heterocycles. The Bertz CT molecular complexity index is 422. The zero-order chi connectivity index (χ0) is 13.1. The van der Waals surface area contributed by atoms with E-state index in [-0.39, 0.29) is 11.2 Å². The van der Waals surface area contributed by atoms with Gasteiger partial charge in [-0.05, 0) is 32.9 Å². The number of anilines is 1. The van der Waals surface area contributed by atoms with Crippen LogP contribution in [0.3, 0.4) is 0 Å². The number of carbonyl (C=O) groups is 1. The summed E-state index contributed by atoms with van der Waals surface area (Å²) in [6.07, 6.45) is 1.78. The lowest BCUT2D eigenvalue weighted by Gasteiger charge is -2.36. The number of pyridine rings is 1. The second-order valence-electron chi connectivity index (χ2n) is 4.76. The van der Waals surface area contributed by atoms with Crippen molar-refractivity contribution < 1.29 is 9.90 Å². The summed E-state index contributed by atoms with van der Waals surface area (Å²) in [6.45, 7) is 10.5. The maximum Gasteiger partial charge on any atom is 0.354 e. The highest BCUT2D eigenvalue weighted by atomic mass is 16.4. The molecule has 1 aromatic heterocycles. The van der Waals surface area contributed by atoms with Crippen LogP contribution in [-0.4, -0.2) is 28.1 Å². The molecule has 4 heteroatoms. The van der Waals surface area contributed by atoms with Gasteiger partial charge in [-0.15, -0.1) is 6.58 Å².